The smallest absolute Gasteiger partial charge is 0.325 e. The number of ether oxygens (including phenoxy) is 2. The zero-order valence-electron chi connectivity index (χ0n) is 15.4. The molecule has 2 heterocycles. The van der Waals surface area contributed by atoms with Gasteiger partial charge in [0.05, 0.1) is 24.8 Å². The number of nitrogens with one attached hydrogen (secondary N) is 1. The number of hydrogen-bond acceptors (Lipinski definition) is 4. The van der Waals surface area contributed by atoms with Gasteiger partial charge in [0.2, 0.25) is 0 Å². The molecule has 1 saturated heterocycles. The van der Waals surface area contributed by atoms with Gasteiger partial charge in [-0.15, -0.1) is 0 Å². The number of rotatable bonds is 3. The summed E-state index contributed by atoms with van der Waals surface area (Å²) >= 11 is 6.28. The highest BCUT2D eigenvalue weighted by Gasteiger charge is 2.49. The maximum Gasteiger partial charge on any atom is 0.325 e. The van der Waals surface area contributed by atoms with Gasteiger partial charge >= 0.3 is 6.03 Å². The summed E-state index contributed by atoms with van der Waals surface area (Å²) in [7, 11) is 0. The third-order valence-electron chi connectivity index (χ3n) is 4.97. The number of nitrogens with zero attached hydrogens (tertiary/aromatic N) is 1. The number of urea groups is 1. The zero-order chi connectivity index (χ0) is 20.8. The number of carbonyl (C=O) groups is 2. The molecule has 2 aromatic carbocycles. The second kappa shape index (κ2) is 7.18. The van der Waals surface area contributed by atoms with Crippen LogP contribution in [0.3, 0.4) is 0 Å². The summed E-state index contributed by atoms with van der Waals surface area (Å²) in [5.74, 6) is -1.85. The topological polar surface area (TPSA) is 67.9 Å². The molecule has 29 heavy (non-hydrogen) atoms. The van der Waals surface area contributed by atoms with E-state index in [1.807, 2.05) is 0 Å². The van der Waals surface area contributed by atoms with Crippen LogP contribution in [-0.2, 0) is 16.9 Å². The van der Waals surface area contributed by atoms with Gasteiger partial charge in [-0.25, -0.2) is 13.6 Å². The third-order valence-corrected chi connectivity index (χ3v) is 5.26. The number of imide groups is 1. The minimum Gasteiger partial charge on any atom is -0.489 e. The maximum atomic E-state index is 13.7. The molecule has 9 heteroatoms. The van der Waals surface area contributed by atoms with Crippen LogP contribution in [0.15, 0.2) is 30.3 Å². The van der Waals surface area contributed by atoms with Gasteiger partial charge in [-0.1, -0.05) is 17.7 Å². The first-order valence-corrected chi connectivity index (χ1v) is 9.35. The van der Waals surface area contributed by atoms with E-state index >= 15 is 0 Å². The van der Waals surface area contributed by atoms with E-state index in [-0.39, 0.29) is 12.1 Å². The molecule has 1 N–H and O–H groups in total. The lowest BCUT2D eigenvalue weighted by Gasteiger charge is -2.22. The van der Waals surface area contributed by atoms with Crippen LogP contribution < -0.4 is 14.8 Å². The van der Waals surface area contributed by atoms with Crippen LogP contribution in [0, 0.1) is 11.6 Å². The van der Waals surface area contributed by atoms with Crippen LogP contribution in [0.1, 0.15) is 24.5 Å². The number of hydrogen-bond donors (Lipinski definition) is 1. The molecule has 4 rings (SSSR count). The highest BCUT2D eigenvalue weighted by molar-refractivity contribution is 6.32. The van der Waals surface area contributed by atoms with Gasteiger partial charge in [-0.2, -0.15) is 0 Å². The SMILES string of the molecule is CC1(c2ccc(F)c(F)c2)NC(=O)N(Cc2cc(Cl)c3c(c2)OCCCO3)C1=O. The molecule has 0 radical (unpaired) electrons. The molecule has 0 spiro atoms. The van der Waals surface area contributed by atoms with Crippen molar-refractivity contribution in [3.05, 3.63) is 58.1 Å². The molecule has 1 unspecified atom stereocenters. The van der Waals surface area contributed by atoms with Crippen molar-refractivity contribution in [3.63, 3.8) is 0 Å². The van der Waals surface area contributed by atoms with Gasteiger partial charge in [0.25, 0.3) is 5.91 Å². The number of fused-ring (bicyclic) bond motifs is 1. The average molecular weight is 423 g/mol. The molecule has 6 nitrogen and oxygen atoms in total. The Balaban J connectivity index is 1.62. The van der Waals surface area contributed by atoms with Crippen molar-refractivity contribution in [2.45, 2.75) is 25.4 Å². The molecule has 0 saturated carbocycles. The Bertz CT molecular complexity index is 1020. The van der Waals surface area contributed by atoms with Crippen molar-refractivity contribution in [1.29, 1.82) is 0 Å². The first kappa shape index (κ1) is 19.4. The number of carbonyl (C=O) groups excluding carboxylic acids is 2. The van der Waals surface area contributed by atoms with E-state index in [9.17, 15) is 18.4 Å². The average Bonchev–Trinajstić information content (AvgIpc) is 2.85. The van der Waals surface area contributed by atoms with E-state index < -0.39 is 29.1 Å². The van der Waals surface area contributed by atoms with Gasteiger partial charge in [-0.05, 0) is 42.3 Å². The first-order chi connectivity index (χ1) is 13.8. The molecule has 2 aromatic rings. The largest absolute Gasteiger partial charge is 0.489 e. The fraction of sp³-hybridized carbons (Fsp3) is 0.300. The predicted octanol–water partition coefficient (Wildman–Crippen LogP) is 3.75. The van der Waals surface area contributed by atoms with Gasteiger partial charge in [0.1, 0.15) is 5.54 Å². The van der Waals surface area contributed by atoms with Crippen LogP contribution in [0.5, 0.6) is 11.5 Å². The third kappa shape index (κ3) is 3.37. The van der Waals surface area contributed by atoms with E-state index in [4.69, 9.17) is 21.1 Å². The van der Waals surface area contributed by atoms with E-state index in [0.717, 1.165) is 17.0 Å². The Hall–Kier alpha value is -2.87. The fourth-order valence-electron chi connectivity index (χ4n) is 3.40. The maximum absolute atomic E-state index is 13.7. The molecular formula is C20H17ClF2N2O4. The quantitative estimate of drug-likeness (QED) is 0.765. The Morgan fingerprint density at radius 3 is 2.66 bits per heavy atom. The van der Waals surface area contributed by atoms with Crippen molar-refractivity contribution >= 4 is 23.5 Å². The van der Waals surface area contributed by atoms with Crippen LogP contribution >= 0.6 is 11.6 Å². The van der Waals surface area contributed by atoms with Crippen molar-refractivity contribution < 1.29 is 27.8 Å². The molecule has 1 fully saturated rings. The highest BCUT2D eigenvalue weighted by Crippen LogP contribution is 2.39. The molecule has 1 atom stereocenters. The Morgan fingerprint density at radius 1 is 1.14 bits per heavy atom. The zero-order valence-corrected chi connectivity index (χ0v) is 16.2. The molecular weight excluding hydrogens is 406 g/mol. The van der Waals surface area contributed by atoms with Crippen LogP contribution in [0.4, 0.5) is 13.6 Å². The van der Waals surface area contributed by atoms with Crippen molar-refractivity contribution in [2.24, 2.45) is 0 Å². The normalized spacial score (nSPS) is 21.2. The van der Waals surface area contributed by atoms with Crippen molar-refractivity contribution in [2.75, 3.05) is 13.2 Å². The fourth-order valence-corrected chi connectivity index (χ4v) is 3.69. The summed E-state index contributed by atoms with van der Waals surface area (Å²) < 4.78 is 38.1. The molecule has 152 valence electrons. The van der Waals surface area contributed by atoms with Gasteiger partial charge in [-0.3, -0.25) is 9.69 Å². The molecule has 0 aromatic heterocycles. The summed E-state index contributed by atoms with van der Waals surface area (Å²) in [6.45, 7) is 2.32. The second-order valence-corrected chi connectivity index (χ2v) is 7.44. The van der Waals surface area contributed by atoms with E-state index in [0.29, 0.717) is 41.7 Å². The minimum absolute atomic E-state index is 0.0692. The van der Waals surface area contributed by atoms with Gasteiger partial charge < -0.3 is 14.8 Å². The monoisotopic (exact) mass is 422 g/mol. The number of benzene rings is 2. The minimum atomic E-state index is -1.51. The molecule has 2 aliphatic rings. The molecule has 0 bridgehead atoms. The van der Waals surface area contributed by atoms with Crippen LogP contribution in [0.2, 0.25) is 5.02 Å². The lowest BCUT2D eigenvalue weighted by Crippen LogP contribution is -2.41. The Kier molecular flexibility index (Phi) is 4.82. The standard InChI is InChI=1S/C20H17ClF2N2O4/c1-20(12-3-4-14(22)15(23)9-12)18(26)25(19(27)24-20)10-11-7-13(21)17-16(8-11)28-5-2-6-29-17/h3-4,7-9H,2,5-6,10H2,1H3,(H,24,27). The van der Waals surface area contributed by atoms with E-state index in [2.05, 4.69) is 5.32 Å². The van der Waals surface area contributed by atoms with Gasteiger partial charge in [0.15, 0.2) is 23.1 Å². The molecule has 2 aliphatic heterocycles. The summed E-state index contributed by atoms with van der Waals surface area (Å²) in [4.78, 5) is 26.5. The van der Waals surface area contributed by atoms with Crippen molar-refractivity contribution in [1.82, 2.24) is 10.2 Å². The van der Waals surface area contributed by atoms with Crippen molar-refractivity contribution in [3.8, 4) is 11.5 Å². The second-order valence-electron chi connectivity index (χ2n) is 7.03. The summed E-state index contributed by atoms with van der Waals surface area (Å²) in [5, 5.41) is 2.87. The number of halogens is 3. The molecule has 3 amide bonds. The van der Waals surface area contributed by atoms with Crippen LogP contribution in [-0.4, -0.2) is 30.1 Å². The summed E-state index contributed by atoms with van der Waals surface area (Å²) in [6.07, 6.45) is 0.708. The van der Waals surface area contributed by atoms with E-state index in [1.165, 1.54) is 13.0 Å². The summed E-state index contributed by atoms with van der Waals surface area (Å²) in [6, 6.07) is 5.71. The summed E-state index contributed by atoms with van der Waals surface area (Å²) in [5.41, 5.74) is -0.799. The van der Waals surface area contributed by atoms with E-state index in [1.54, 1.807) is 12.1 Å². The molecule has 0 aliphatic carbocycles. The Labute approximate surface area is 170 Å². The first-order valence-electron chi connectivity index (χ1n) is 8.97. The predicted molar refractivity (Wildman–Crippen MR) is 99.9 cm³/mol. The highest BCUT2D eigenvalue weighted by atomic mass is 35.5. The van der Waals surface area contributed by atoms with Gasteiger partial charge in [0, 0.05) is 6.42 Å². The Morgan fingerprint density at radius 2 is 1.90 bits per heavy atom. The number of amides is 3. The lowest BCUT2D eigenvalue weighted by atomic mass is 9.92. The lowest BCUT2D eigenvalue weighted by molar-refractivity contribution is -0.131. The van der Waals surface area contributed by atoms with Crippen LogP contribution in [0.25, 0.3) is 0 Å².